The Morgan fingerprint density at radius 1 is 1.14 bits per heavy atom. The van der Waals surface area contributed by atoms with E-state index in [1.54, 1.807) is 0 Å². The number of carbonyl (C=O) groups is 1. The van der Waals surface area contributed by atoms with E-state index in [-0.39, 0.29) is 17.5 Å². The maximum atomic E-state index is 14.6. The number of nitrogens with zero attached hydrogens (tertiary/aromatic N) is 3. The standard InChI is InChI=1S/C24H24F4N6O/c1-4-21(35)31-17-9-10-19(25)20(13-17)32-22-18(14-30-23(33-22)29-11-12-34(2)3)15-5-7-16(8-6-15)24(26,27)28/h4-10,13-14H,1,11-12H2,2-3H3,(H,31,35)(H2,29,30,32,33). The summed E-state index contributed by atoms with van der Waals surface area (Å²) in [4.78, 5) is 22.2. The minimum atomic E-state index is -4.48. The lowest BCUT2D eigenvalue weighted by Crippen LogP contribution is -2.21. The second kappa shape index (κ2) is 11.0. The molecule has 3 rings (SSSR count). The molecule has 0 radical (unpaired) electrons. The Morgan fingerprint density at radius 2 is 1.86 bits per heavy atom. The van der Waals surface area contributed by atoms with Gasteiger partial charge in [0.1, 0.15) is 11.6 Å². The lowest BCUT2D eigenvalue weighted by atomic mass is 10.1. The van der Waals surface area contributed by atoms with Crippen molar-refractivity contribution in [2.75, 3.05) is 43.1 Å². The fourth-order valence-corrected chi connectivity index (χ4v) is 3.02. The van der Waals surface area contributed by atoms with Crippen LogP contribution in [0.1, 0.15) is 5.56 Å². The number of benzene rings is 2. The molecular formula is C24H24F4N6O. The number of amides is 1. The summed E-state index contributed by atoms with van der Waals surface area (Å²) in [6.07, 6.45) is -1.96. The van der Waals surface area contributed by atoms with E-state index < -0.39 is 23.5 Å². The molecule has 0 fully saturated rings. The highest BCUT2D eigenvalue weighted by atomic mass is 19.4. The number of alkyl halides is 3. The van der Waals surface area contributed by atoms with Gasteiger partial charge in [0.05, 0.1) is 11.3 Å². The van der Waals surface area contributed by atoms with Crippen LogP contribution in [0.4, 0.5) is 40.7 Å². The van der Waals surface area contributed by atoms with Gasteiger partial charge in [0.15, 0.2) is 0 Å². The van der Waals surface area contributed by atoms with E-state index in [2.05, 4.69) is 32.5 Å². The molecule has 3 aromatic rings. The molecule has 1 amide bonds. The van der Waals surface area contributed by atoms with E-state index in [0.717, 1.165) is 24.3 Å². The molecule has 35 heavy (non-hydrogen) atoms. The topological polar surface area (TPSA) is 82.2 Å². The van der Waals surface area contributed by atoms with Gasteiger partial charge in [-0.25, -0.2) is 9.37 Å². The third kappa shape index (κ3) is 7.00. The first-order chi connectivity index (χ1) is 16.6. The van der Waals surface area contributed by atoms with Crippen molar-refractivity contribution in [3.05, 3.63) is 72.7 Å². The molecule has 0 aliphatic heterocycles. The van der Waals surface area contributed by atoms with Crippen molar-refractivity contribution >= 4 is 29.0 Å². The molecule has 1 aromatic heterocycles. The number of likely N-dealkylation sites (N-methyl/N-ethyl adjacent to an activating group) is 1. The van der Waals surface area contributed by atoms with Gasteiger partial charge >= 0.3 is 6.18 Å². The molecule has 0 bridgehead atoms. The van der Waals surface area contributed by atoms with E-state index in [9.17, 15) is 22.4 Å². The van der Waals surface area contributed by atoms with Crippen LogP contribution >= 0.6 is 0 Å². The second-order valence-corrected chi connectivity index (χ2v) is 7.77. The van der Waals surface area contributed by atoms with Gasteiger partial charge in [-0.05, 0) is 56.1 Å². The van der Waals surface area contributed by atoms with Crippen molar-refractivity contribution in [3.63, 3.8) is 0 Å². The number of hydrogen-bond acceptors (Lipinski definition) is 6. The number of rotatable bonds is 9. The van der Waals surface area contributed by atoms with Gasteiger partial charge in [0, 0.05) is 30.5 Å². The number of nitrogens with one attached hydrogen (secondary N) is 3. The highest BCUT2D eigenvalue weighted by Gasteiger charge is 2.30. The molecule has 3 N–H and O–H groups in total. The molecule has 2 aromatic carbocycles. The molecule has 0 atom stereocenters. The number of anilines is 4. The van der Waals surface area contributed by atoms with E-state index in [0.29, 0.717) is 29.9 Å². The lowest BCUT2D eigenvalue weighted by Gasteiger charge is -2.16. The lowest BCUT2D eigenvalue weighted by molar-refractivity contribution is -0.137. The van der Waals surface area contributed by atoms with E-state index in [4.69, 9.17) is 0 Å². The summed E-state index contributed by atoms with van der Waals surface area (Å²) in [6.45, 7) is 4.61. The highest BCUT2D eigenvalue weighted by Crippen LogP contribution is 2.34. The summed E-state index contributed by atoms with van der Waals surface area (Å²) >= 11 is 0. The largest absolute Gasteiger partial charge is 0.416 e. The molecule has 0 aliphatic carbocycles. The maximum absolute atomic E-state index is 14.6. The molecule has 1 heterocycles. The Kier molecular flexibility index (Phi) is 8.02. The monoisotopic (exact) mass is 488 g/mol. The molecule has 7 nitrogen and oxygen atoms in total. The van der Waals surface area contributed by atoms with Crippen LogP contribution in [0.5, 0.6) is 0 Å². The summed E-state index contributed by atoms with van der Waals surface area (Å²) < 4.78 is 53.6. The summed E-state index contributed by atoms with van der Waals surface area (Å²) in [6, 6.07) is 8.41. The van der Waals surface area contributed by atoms with Crippen molar-refractivity contribution in [2.24, 2.45) is 0 Å². The summed E-state index contributed by atoms with van der Waals surface area (Å²) in [5.74, 6) is -0.678. The molecule has 11 heteroatoms. The average Bonchev–Trinajstić information content (AvgIpc) is 2.80. The van der Waals surface area contributed by atoms with Crippen LogP contribution in [0.15, 0.2) is 61.3 Å². The molecule has 0 unspecified atom stereocenters. The fraction of sp³-hybridized carbons (Fsp3) is 0.208. The Hall–Kier alpha value is -3.99. The zero-order valence-corrected chi connectivity index (χ0v) is 19.1. The average molecular weight is 488 g/mol. The van der Waals surface area contributed by atoms with Gasteiger partial charge in [-0.2, -0.15) is 18.2 Å². The first-order valence-corrected chi connectivity index (χ1v) is 10.5. The zero-order valence-electron chi connectivity index (χ0n) is 19.1. The maximum Gasteiger partial charge on any atom is 0.416 e. The van der Waals surface area contributed by atoms with Crippen LogP contribution in [0.2, 0.25) is 0 Å². The van der Waals surface area contributed by atoms with E-state index >= 15 is 0 Å². The third-order valence-corrected chi connectivity index (χ3v) is 4.83. The number of halogens is 4. The molecule has 0 spiro atoms. The Balaban J connectivity index is 1.99. The minimum Gasteiger partial charge on any atom is -0.353 e. The van der Waals surface area contributed by atoms with Crippen LogP contribution in [0.25, 0.3) is 11.1 Å². The Labute approximate surface area is 199 Å². The van der Waals surface area contributed by atoms with Crippen molar-refractivity contribution in [2.45, 2.75) is 6.18 Å². The first-order valence-electron chi connectivity index (χ1n) is 10.5. The SMILES string of the molecule is C=CC(=O)Nc1ccc(F)c(Nc2nc(NCCN(C)C)ncc2-c2ccc(C(F)(F)F)cc2)c1. The highest BCUT2D eigenvalue weighted by molar-refractivity contribution is 5.99. The summed E-state index contributed by atoms with van der Waals surface area (Å²) in [5, 5.41) is 8.48. The fourth-order valence-electron chi connectivity index (χ4n) is 3.02. The predicted molar refractivity (Wildman–Crippen MR) is 128 cm³/mol. The zero-order chi connectivity index (χ0) is 25.6. The summed E-state index contributed by atoms with van der Waals surface area (Å²) in [7, 11) is 3.81. The van der Waals surface area contributed by atoms with Crippen molar-refractivity contribution < 1.29 is 22.4 Å². The van der Waals surface area contributed by atoms with Gasteiger partial charge in [-0.3, -0.25) is 4.79 Å². The Bertz CT molecular complexity index is 1200. The van der Waals surface area contributed by atoms with Crippen molar-refractivity contribution in [1.29, 1.82) is 0 Å². The molecule has 0 saturated carbocycles. The smallest absolute Gasteiger partial charge is 0.353 e. The van der Waals surface area contributed by atoms with Crippen LogP contribution < -0.4 is 16.0 Å². The minimum absolute atomic E-state index is 0.00188. The number of hydrogen-bond donors (Lipinski definition) is 3. The normalized spacial score (nSPS) is 11.3. The Morgan fingerprint density at radius 3 is 2.49 bits per heavy atom. The van der Waals surface area contributed by atoms with Gasteiger partial charge in [0.2, 0.25) is 11.9 Å². The number of aromatic nitrogens is 2. The van der Waals surface area contributed by atoms with E-state index in [1.807, 2.05) is 19.0 Å². The quantitative estimate of drug-likeness (QED) is 0.286. The van der Waals surface area contributed by atoms with Gasteiger partial charge in [-0.1, -0.05) is 18.7 Å². The molecule has 0 saturated heterocycles. The van der Waals surface area contributed by atoms with Crippen LogP contribution in [-0.4, -0.2) is 48.0 Å². The molecule has 0 aliphatic rings. The molecule has 184 valence electrons. The van der Waals surface area contributed by atoms with Gasteiger partial charge in [-0.15, -0.1) is 0 Å². The van der Waals surface area contributed by atoms with Crippen LogP contribution in [-0.2, 0) is 11.0 Å². The van der Waals surface area contributed by atoms with E-state index in [1.165, 1.54) is 30.5 Å². The molecular weight excluding hydrogens is 464 g/mol. The van der Waals surface area contributed by atoms with Crippen LogP contribution in [0.3, 0.4) is 0 Å². The van der Waals surface area contributed by atoms with Crippen LogP contribution in [0, 0.1) is 5.82 Å². The first kappa shape index (κ1) is 25.6. The third-order valence-electron chi connectivity index (χ3n) is 4.83. The summed E-state index contributed by atoms with van der Waals surface area (Å²) in [5.41, 5.74) is 0.273. The van der Waals surface area contributed by atoms with Gasteiger partial charge < -0.3 is 20.9 Å². The van der Waals surface area contributed by atoms with Crippen molar-refractivity contribution in [1.82, 2.24) is 14.9 Å². The number of carbonyl (C=O) groups excluding carboxylic acids is 1. The second-order valence-electron chi connectivity index (χ2n) is 7.77. The predicted octanol–water partition coefficient (Wildman–Crippen LogP) is 5.14. The van der Waals surface area contributed by atoms with Crippen molar-refractivity contribution in [3.8, 4) is 11.1 Å². The van der Waals surface area contributed by atoms with Gasteiger partial charge in [0.25, 0.3) is 0 Å².